The second kappa shape index (κ2) is 6.89. The summed E-state index contributed by atoms with van der Waals surface area (Å²) in [6.07, 6.45) is 1.60. The Morgan fingerprint density at radius 2 is 2.43 bits per heavy atom. The molecule has 10 heteroatoms. The average molecular weight is 368 g/mol. The highest BCUT2D eigenvalue weighted by Crippen LogP contribution is 2.53. The summed E-state index contributed by atoms with van der Waals surface area (Å²) in [5.41, 5.74) is 3.90. The van der Waals surface area contributed by atoms with Gasteiger partial charge in [-0.2, -0.15) is 4.98 Å². The summed E-state index contributed by atoms with van der Waals surface area (Å²) >= 11 is 5.97. The summed E-state index contributed by atoms with van der Waals surface area (Å²) in [5.74, 6) is -1.56. The molecular formula is C13H20ClFN3O4P. The van der Waals surface area contributed by atoms with Crippen molar-refractivity contribution >= 4 is 24.8 Å². The molecule has 2 N–H and O–H groups in total. The predicted octanol–water partition coefficient (Wildman–Crippen LogP) is 2.35. The van der Waals surface area contributed by atoms with Gasteiger partial charge in [-0.15, -0.1) is 11.6 Å². The Bertz CT molecular complexity index is 673. The molecule has 0 bridgehead atoms. The highest BCUT2D eigenvalue weighted by atomic mass is 35.5. The monoisotopic (exact) mass is 367 g/mol. The fourth-order valence-corrected chi connectivity index (χ4v) is 3.72. The van der Waals surface area contributed by atoms with Crippen LogP contribution in [0.3, 0.4) is 0 Å². The Kier molecular flexibility index (Phi) is 5.51. The molecule has 23 heavy (non-hydrogen) atoms. The van der Waals surface area contributed by atoms with E-state index in [0.717, 1.165) is 0 Å². The number of aromatic nitrogens is 2. The van der Waals surface area contributed by atoms with E-state index in [0.29, 0.717) is 12.8 Å². The highest BCUT2D eigenvalue weighted by molar-refractivity contribution is 7.58. The molecule has 1 aliphatic rings. The highest BCUT2D eigenvalue weighted by Gasteiger charge is 2.45. The number of rotatable bonds is 6. The van der Waals surface area contributed by atoms with Crippen molar-refractivity contribution in [2.75, 3.05) is 25.4 Å². The van der Waals surface area contributed by atoms with Crippen molar-refractivity contribution in [2.45, 2.75) is 37.0 Å². The van der Waals surface area contributed by atoms with Gasteiger partial charge in [-0.05, 0) is 18.9 Å². The number of ether oxygens (including phenoxy) is 1. The van der Waals surface area contributed by atoms with Crippen LogP contribution >= 0.6 is 19.0 Å². The molecule has 0 radical (unpaired) electrons. The van der Waals surface area contributed by atoms with Gasteiger partial charge in [-0.3, -0.25) is 9.13 Å². The number of halogens is 2. The molecule has 4 unspecified atom stereocenters. The van der Waals surface area contributed by atoms with E-state index in [2.05, 4.69) is 4.98 Å². The first kappa shape index (κ1) is 18.4. The predicted molar refractivity (Wildman–Crippen MR) is 85.8 cm³/mol. The van der Waals surface area contributed by atoms with E-state index in [-0.39, 0.29) is 18.1 Å². The zero-order valence-electron chi connectivity index (χ0n) is 12.9. The van der Waals surface area contributed by atoms with Crippen LogP contribution in [0.1, 0.15) is 25.5 Å². The third kappa shape index (κ3) is 3.94. The molecule has 1 aliphatic heterocycles. The van der Waals surface area contributed by atoms with Crippen molar-refractivity contribution in [3.63, 3.8) is 0 Å². The molecule has 0 aromatic carbocycles. The van der Waals surface area contributed by atoms with E-state index < -0.39 is 30.8 Å². The molecule has 2 heterocycles. The largest absolute Gasteiger partial charge is 0.383 e. The second-order valence-electron chi connectivity index (χ2n) is 5.70. The molecule has 130 valence electrons. The van der Waals surface area contributed by atoms with Crippen LogP contribution in [0.25, 0.3) is 0 Å². The maximum atomic E-state index is 14.3. The van der Waals surface area contributed by atoms with Gasteiger partial charge < -0.3 is 15.0 Å². The van der Waals surface area contributed by atoms with Crippen LogP contribution < -0.4 is 11.4 Å². The zero-order chi connectivity index (χ0) is 17.3. The van der Waals surface area contributed by atoms with E-state index in [1.165, 1.54) is 30.6 Å². The molecule has 1 saturated heterocycles. The Hall–Kier alpha value is -0.950. The molecule has 0 amide bonds. The summed E-state index contributed by atoms with van der Waals surface area (Å²) in [6.45, 7) is 1.24. The van der Waals surface area contributed by atoms with Crippen molar-refractivity contribution in [1.82, 2.24) is 9.55 Å². The molecule has 0 aliphatic carbocycles. The normalized spacial score (nSPS) is 28.4. The summed E-state index contributed by atoms with van der Waals surface area (Å²) < 4.78 is 38.2. The van der Waals surface area contributed by atoms with Gasteiger partial charge >= 0.3 is 5.69 Å². The van der Waals surface area contributed by atoms with Gasteiger partial charge in [0.05, 0.1) is 11.5 Å². The Morgan fingerprint density at radius 1 is 1.74 bits per heavy atom. The number of hydrogen-bond donors (Lipinski definition) is 1. The number of nitrogens with two attached hydrogens (primary N) is 1. The summed E-state index contributed by atoms with van der Waals surface area (Å²) in [6, 6.07) is 1.48. The first-order valence-corrected chi connectivity index (χ1v) is 9.76. The van der Waals surface area contributed by atoms with Gasteiger partial charge in [0.1, 0.15) is 12.0 Å². The average Bonchev–Trinajstić information content (AvgIpc) is 2.91. The quantitative estimate of drug-likeness (QED) is 0.612. The van der Waals surface area contributed by atoms with Crippen LogP contribution in [0, 0.1) is 0 Å². The van der Waals surface area contributed by atoms with Crippen LogP contribution in [0.5, 0.6) is 0 Å². The molecule has 1 aromatic heterocycles. The van der Waals surface area contributed by atoms with Gasteiger partial charge in [-0.25, -0.2) is 9.18 Å². The number of nitrogen functional groups attached to an aromatic ring is 1. The van der Waals surface area contributed by atoms with Gasteiger partial charge in [0.25, 0.3) is 0 Å². The SMILES string of the molecule is COP(C)(=O)C(F)CC1(CCl)CCC(n2ccc(N)nc2=O)O1. The summed E-state index contributed by atoms with van der Waals surface area (Å²) in [7, 11) is -2.18. The Balaban J connectivity index is 2.17. The van der Waals surface area contributed by atoms with Gasteiger partial charge in [0.2, 0.25) is 7.37 Å². The van der Waals surface area contributed by atoms with Crippen LogP contribution in [0.4, 0.5) is 10.2 Å². The molecule has 2 rings (SSSR count). The Labute approximate surface area is 138 Å². The van der Waals surface area contributed by atoms with Gasteiger partial charge in [-0.1, -0.05) is 0 Å². The van der Waals surface area contributed by atoms with E-state index in [1.54, 1.807) is 0 Å². The fraction of sp³-hybridized carbons (Fsp3) is 0.692. The van der Waals surface area contributed by atoms with Crippen LogP contribution in [0.2, 0.25) is 0 Å². The molecule has 0 spiro atoms. The maximum Gasteiger partial charge on any atom is 0.351 e. The maximum absolute atomic E-state index is 14.3. The van der Waals surface area contributed by atoms with E-state index in [4.69, 9.17) is 26.6 Å². The lowest BCUT2D eigenvalue weighted by Crippen LogP contribution is -2.36. The summed E-state index contributed by atoms with van der Waals surface area (Å²) in [4.78, 5) is 15.5. The van der Waals surface area contributed by atoms with Gasteiger partial charge in [0.15, 0.2) is 5.91 Å². The third-order valence-corrected chi connectivity index (χ3v) is 6.46. The van der Waals surface area contributed by atoms with E-state index >= 15 is 0 Å². The van der Waals surface area contributed by atoms with Crippen molar-refractivity contribution in [2.24, 2.45) is 0 Å². The minimum Gasteiger partial charge on any atom is -0.383 e. The number of alkyl halides is 2. The standard InChI is InChI=1S/C13H20ClFN3O4P/c1-21-23(2,20)9(15)7-13(8-14)5-3-11(22-13)18-6-4-10(16)17-12(18)19/h4,6,9,11H,3,5,7-8H2,1-2H3,(H2,16,17,19). The molecule has 0 saturated carbocycles. The van der Waals surface area contributed by atoms with E-state index in [9.17, 15) is 13.8 Å². The molecular weight excluding hydrogens is 348 g/mol. The minimum absolute atomic E-state index is 0.0186. The minimum atomic E-state index is -3.38. The lowest BCUT2D eigenvalue weighted by atomic mass is 9.99. The second-order valence-corrected chi connectivity index (χ2v) is 8.71. The fourth-order valence-electron chi connectivity index (χ4n) is 2.52. The lowest BCUT2D eigenvalue weighted by molar-refractivity contribution is -0.0702. The van der Waals surface area contributed by atoms with Crippen molar-refractivity contribution in [3.8, 4) is 0 Å². The zero-order valence-corrected chi connectivity index (χ0v) is 14.6. The molecule has 7 nitrogen and oxygen atoms in total. The van der Waals surface area contributed by atoms with E-state index in [1.807, 2.05) is 0 Å². The molecule has 1 aromatic rings. The van der Waals surface area contributed by atoms with Crippen LogP contribution in [-0.2, 0) is 13.8 Å². The van der Waals surface area contributed by atoms with Crippen LogP contribution in [-0.4, -0.2) is 40.7 Å². The number of anilines is 1. The van der Waals surface area contributed by atoms with Gasteiger partial charge in [0, 0.05) is 26.4 Å². The lowest BCUT2D eigenvalue weighted by Gasteiger charge is -2.30. The van der Waals surface area contributed by atoms with Crippen LogP contribution in [0.15, 0.2) is 17.1 Å². The smallest absolute Gasteiger partial charge is 0.351 e. The first-order valence-electron chi connectivity index (χ1n) is 7.08. The third-order valence-electron chi connectivity index (χ3n) is 4.05. The van der Waals surface area contributed by atoms with Crippen molar-refractivity contribution in [3.05, 3.63) is 22.7 Å². The van der Waals surface area contributed by atoms with Crippen molar-refractivity contribution in [1.29, 1.82) is 0 Å². The number of nitrogens with zero attached hydrogens (tertiary/aromatic N) is 2. The van der Waals surface area contributed by atoms with Crippen molar-refractivity contribution < 1.29 is 18.2 Å². The molecule has 1 fully saturated rings. The molecule has 4 atom stereocenters. The summed E-state index contributed by atoms with van der Waals surface area (Å²) in [5, 5.41) is 0. The first-order chi connectivity index (χ1) is 10.7. The Morgan fingerprint density at radius 3 is 3.00 bits per heavy atom. The topological polar surface area (TPSA) is 96.4 Å². The number of hydrogen-bond acceptors (Lipinski definition) is 6.